The summed E-state index contributed by atoms with van der Waals surface area (Å²) in [6, 6.07) is 2.56. The quantitative estimate of drug-likeness (QED) is 0.879. The molecule has 6 nitrogen and oxygen atoms in total. The van der Waals surface area contributed by atoms with Crippen LogP contribution in [0.1, 0.15) is 36.6 Å². The number of hydrogen-bond acceptors (Lipinski definition) is 4. The lowest BCUT2D eigenvalue weighted by atomic mass is 10.1. The van der Waals surface area contributed by atoms with Gasteiger partial charge in [0.15, 0.2) is 5.69 Å². The van der Waals surface area contributed by atoms with Crippen molar-refractivity contribution in [2.24, 2.45) is 0 Å². The van der Waals surface area contributed by atoms with Crippen LogP contribution in [0.15, 0.2) is 30.9 Å². The molecule has 0 spiro atoms. The van der Waals surface area contributed by atoms with Crippen LogP contribution in [0, 0.1) is 6.92 Å². The van der Waals surface area contributed by atoms with Crippen molar-refractivity contribution in [3.05, 3.63) is 42.1 Å². The zero-order valence-corrected chi connectivity index (χ0v) is 14.2. The van der Waals surface area contributed by atoms with Crippen molar-refractivity contribution in [2.45, 2.75) is 44.5 Å². The van der Waals surface area contributed by atoms with Crippen LogP contribution in [-0.2, 0) is 15.7 Å². The van der Waals surface area contributed by atoms with Crippen molar-refractivity contribution < 1.29 is 22.7 Å². The maximum Gasteiger partial charge on any atom is 0.434 e. The Morgan fingerprint density at radius 1 is 1.42 bits per heavy atom. The number of alkyl halides is 3. The van der Waals surface area contributed by atoms with Gasteiger partial charge >= 0.3 is 6.18 Å². The molecule has 1 aliphatic rings. The summed E-state index contributed by atoms with van der Waals surface area (Å²) < 4.78 is 45.3. The second kappa shape index (κ2) is 7.45. The number of nitrogens with zero attached hydrogens (tertiary/aromatic N) is 3. The van der Waals surface area contributed by atoms with E-state index in [9.17, 15) is 18.0 Å². The van der Waals surface area contributed by atoms with E-state index < -0.39 is 23.8 Å². The number of amides is 1. The fraction of sp³-hybridized carbons (Fsp3) is 0.471. The number of aryl methyl sites for hydroxylation is 1. The maximum atomic E-state index is 12.8. The number of carbonyl (C=O) groups excluding carboxylic acids is 1. The van der Waals surface area contributed by atoms with Gasteiger partial charge in [0.05, 0.1) is 12.4 Å². The third-order valence-corrected chi connectivity index (χ3v) is 4.23. The molecule has 140 valence electrons. The van der Waals surface area contributed by atoms with E-state index in [0.717, 1.165) is 30.9 Å². The van der Waals surface area contributed by atoms with Gasteiger partial charge in [-0.1, -0.05) is 6.07 Å². The first-order valence-electron chi connectivity index (χ1n) is 8.29. The number of pyridine rings is 1. The number of hydrogen-bond donors (Lipinski definition) is 1. The number of aromatic nitrogens is 3. The summed E-state index contributed by atoms with van der Waals surface area (Å²) in [7, 11) is 0. The molecule has 3 rings (SSSR count). The summed E-state index contributed by atoms with van der Waals surface area (Å²) in [6.07, 6.45) is 0.660. The highest BCUT2D eigenvalue weighted by molar-refractivity contribution is 5.92. The van der Waals surface area contributed by atoms with Gasteiger partial charge in [-0.05, 0) is 31.4 Å². The molecule has 1 aliphatic heterocycles. The van der Waals surface area contributed by atoms with Gasteiger partial charge in [-0.15, -0.1) is 0 Å². The van der Waals surface area contributed by atoms with Gasteiger partial charge in [-0.3, -0.25) is 4.79 Å². The molecular formula is C17H19F3N4O2. The van der Waals surface area contributed by atoms with E-state index in [2.05, 4.69) is 15.3 Å². The first-order valence-corrected chi connectivity index (χ1v) is 8.29. The fourth-order valence-corrected chi connectivity index (χ4v) is 2.85. The van der Waals surface area contributed by atoms with Crippen molar-refractivity contribution >= 4 is 11.7 Å². The normalized spacial score (nSPS) is 18.7. The van der Waals surface area contributed by atoms with E-state index in [0.29, 0.717) is 12.4 Å². The molecule has 1 fully saturated rings. The molecule has 0 aliphatic carbocycles. The molecule has 2 atom stereocenters. The Morgan fingerprint density at radius 3 is 2.81 bits per heavy atom. The highest BCUT2D eigenvalue weighted by Crippen LogP contribution is 2.30. The third-order valence-electron chi connectivity index (χ3n) is 4.23. The lowest BCUT2D eigenvalue weighted by Crippen LogP contribution is -2.29. The first kappa shape index (κ1) is 18.4. The molecule has 1 N–H and O–H groups in total. The van der Waals surface area contributed by atoms with Crippen LogP contribution in [0.4, 0.5) is 19.0 Å². The van der Waals surface area contributed by atoms with Gasteiger partial charge in [0.2, 0.25) is 5.91 Å². The Kier molecular flexibility index (Phi) is 5.26. The Hall–Kier alpha value is -2.42. The smallest absolute Gasteiger partial charge is 0.378 e. The Morgan fingerprint density at radius 2 is 2.23 bits per heavy atom. The van der Waals surface area contributed by atoms with Crippen molar-refractivity contribution in [1.29, 1.82) is 0 Å². The zero-order chi connectivity index (χ0) is 18.7. The number of anilines is 1. The lowest BCUT2D eigenvalue weighted by molar-refractivity contribution is -0.141. The van der Waals surface area contributed by atoms with Gasteiger partial charge in [0, 0.05) is 25.4 Å². The second-order valence-corrected chi connectivity index (χ2v) is 6.30. The van der Waals surface area contributed by atoms with Gasteiger partial charge < -0.3 is 14.6 Å². The number of imidazole rings is 1. The molecule has 1 amide bonds. The second-order valence-electron chi connectivity index (χ2n) is 6.30. The molecular weight excluding hydrogens is 349 g/mol. The van der Waals surface area contributed by atoms with Crippen LogP contribution in [0.2, 0.25) is 0 Å². The molecule has 0 aromatic carbocycles. The van der Waals surface area contributed by atoms with E-state index in [1.165, 1.54) is 4.57 Å². The van der Waals surface area contributed by atoms with Crippen LogP contribution >= 0.6 is 0 Å². The van der Waals surface area contributed by atoms with Gasteiger partial charge in [0.1, 0.15) is 11.9 Å². The molecule has 3 heterocycles. The molecule has 26 heavy (non-hydrogen) atoms. The predicted octanol–water partition coefficient (Wildman–Crippen LogP) is 3.35. The van der Waals surface area contributed by atoms with Crippen LogP contribution in [0.3, 0.4) is 0 Å². The predicted molar refractivity (Wildman–Crippen MR) is 87.5 cm³/mol. The fourth-order valence-electron chi connectivity index (χ4n) is 2.85. The maximum absolute atomic E-state index is 12.8. The molecule has 2 aromatic heterocycles. The summed E-state index contributed by atoms with van der Waals surface area (Å²) in [5.74, 6) is -0.114. The monoisotopic (exact) mass is 368 g/mol. The SMILES string of the molecule is Cc1ccc(NC(=O)C(CC2CCCO2)n2cnc(C(F)(F)F)c2)nc1. The van der Waals surface area contributed by atoms with Crippen molar-refractivity contribution in [3.63, 3.8) is 0 Å². The van der Waals surface area contributed by atoms with Crippen LogP contribution in [0.5, 0.6) is 0 Å². The molecule has 1 saturated heterocycles. The lowest BCUT2D eigenvalue weighted by Gasteiger charge is -2.21. The van der Waals surface area contributed by atoms with E-state index in [-0.39, 0.29) is 12.5 Å². The molecule has 0 saturated carbocycles. The number of ether oxygens (including phenoxy) is 1. The highest BCUT2D eigenvalue weighted by Gasteiger charge is 2.35. The summed E-state index contributed by atoms with van der Waals surface area (Å²) in [4.78, 5) is 20.2. The van der Waals surface area contributed by atoms with E-state index in [1.54, 1.807) is 18.3 Å². The van der Waals surface area contributed by atoms with Crippen molar-refractivity contribution in [1.82, 2.24) is 14.5 Å². The van der Waals surface area contributed by atoms with Gasteiger partial charge in [-0.2, -0.15) is 13.2 Å². The molecule has 0 bridgehead atoms. The van der Waals surface area contributed by atoms with Gasteiger partial charge in [-0.25, -0.2) is 9.97 Å². The Bertz CT molecular complexity index is 752. The van der Waals surface area contributed by atoms with Crippen molar-refractivity contribution in [3.8, 4) is 0 Å². The summed E-state index contributed by atoms with van der Waals surface area (Å²) in [5, 5.41) is 2.65. The van der Waals surface area contributed by atoms with Crippen LogP contribution < -0.4 is 5.32 Å². The Labute approximate surface area is 148 Å². The molecule has 2 unspecified atom stereocenters. The summed E-state index contributed by atoms with van der Waals surface area (Å²) in [5.41, 5.74) is -0.0977. The van der Waals surface area contributed by atoms with E-state index >= 15 is 0 Å². The van der Waals surface area contributed by atoms with E-state index in [1.807, 2.05) is 6.92 Å². The minimum absolute atomic E-state index is 0.173. The minimum Gasteiger partial charge on any atom is -0.378 e. The van der Waals surface area contributed by atoms with Crippen LogP contribution in [0.25, 0.3) is 0 Å². The topological polar surface area (TPSA) is 69.0 Å². The average molecular weight is 368 g/mol. The Balaban J connectivity index is 1.81. The standard InChI is InChI=1S/C17H19F3N4O2/c1-11-4-5-15(21-8-11)23-16(25)13(7-12-3-2-6-26-12)24-9-14(22-10-24)17(18,19)20/h4-5,8-10,12-13H,2-3,6-7H2,1H3,(H,21,23,25). The average Bonchev–Trinajstić information content (AvgIpc) is 3.25. The third kappa shape index (κ3) is 4.40. The summed E-state index contributed by atoms with van der Waals surface area (Å²) in [6.45, 7) is 2.46. The largest absolute Gasteiger partial charge is 0.434 e. The highest BCUT2D eigenvalue weighted by atomic mass is 19.4. The van der Waals surface area contributed by atoms with Crippen molar-refractivity contribution in [2.75, 3.05) is 11.9 Å². The number of nitrogens with one attached hydrogen (secondary N) is 1. The molecule has 2 aromatic rings. The number of rotatable bonds is 5. The van der Waals surface area contributed by atoms with E-state index in [4.69, 9.17) is 4.74 Å². The number of carbonyl (C=O) groups is 1. The number of halogens is 3. The first-order chi connectivity index (χ1) is 12.3. The molecule has 9 heteroatoms. The van der Waals surface area contributed by atoms with Gasteiger partial charge in [0.25, 0.3) is 0 Å². The molecule has 0 radical (unpaired) electrons. The zero-order valence-electron chi connectivity index (χ0n) is 14.2. The summed E-state index contributed by atoms with van der Waals surface area (Å²) >= 11 is 0. The van der Waals surface area contributed by atoms with Crippen LogP contribution in [-0.4, -0.2) is 33.2 Å². The minimum atomic E-state index is -4.56.